The van der Waals surface area contributed by atoms with Crippen LogP contribution in [0.4, 0.5) is 10.6 Å². The number of likely N-dealkylation sites (N-methyl/N-ethyl adjacent to an activating group) is 1. The second-order valence-electron chi connectivity index (χ2n) is 12.2. The maximum absolute atomic E-state index is 12.7. The lowest BCUT2D eigenvalue weighted by Gasteiger charge is -2.30. The number of carbonyl (C=O) groups excluding carboxylic acids is 2. The number of benzene rings is 2. The van der Waals surface area contributed by atoms with Gasteiger partial charge in [0.25, 0.3) is 5.91 Å². The van der Waals surface area contributed by atoms with Gasteiger partial charge >= 0.3 is 6.03 Å². The molecule has 252 valence electrons. The minimum Gasteiger partial charge on any atom is -0.387 e. The average Bonchev–Trinajstić information content (AvgIpc) is 3.60. The smallest absolute Gasteiger partial charge is 0.315 e. The van der Waals surface area contributed by atoms with E-state index in [0.29, 0.717) is 55.2 Å². The summed E-state index contributed by atoms with van der Waals surface area (Å²) < 4.78 is 7.33. The zero-order chi connectivity index (χ0) is 33.7. The van der Waals surface area contributed by atoms with Crippen LogP contribution in [-0.4, -0.2) is 96.6 Å². The zero-order valence-corrected chi connectivity index (χ0v) is 27.5. The van der Waals surface area contributed by atoms with Crippen molar-refractivity contribution < 1.29 is 24.5 Å². The number of urea groups is 1. The van der Waals surface area contributed by atoms with Gasteiger partial charge in [-0.15, -0.1) is 0 Å². The number of aliphatic hydroxyl groups excluding tert-OH is 2. The molecule has 47 heavy (non-hydrogen) atoms. The number of hydrogen-bond donors (Lipinski definition) is 6. The highest BCUT2D eigenvalue weighted by Gasteiger charge is 2.47. The molecule has 4 aromatic rings. The topological polar surface area (TPSA) is 179 Å². The molecular weight excluding hydrogens is 602 g/mol. The van der Waals surface area contributed by atoms with E-state index in [1.165, 1.54) is 10.9 Å². The standard InChI is InChI=1S/C33H45N9O5/c1-6-34-31(45)28-26(43)27(44)32(47-28)42-18-38-25-29(36-16-22-12-9-11-21-10-7-8-13-23(21)22)39-24(40-30(25)42)17-37-33(46)35-14-15-41(19(2)3)20(4)5/h7-13,18-20,26-28,32,43-44H,6,14-17H2,1-5H3,(H,34,45)(H2,35,37,46)(H,36,39,40)/t26-,27+,28-,32+/m0/s1. The summed E-state index contributed by atoms with van der Waals surface area (Å²) in [6, 6.07) is 14.5. The van der Waals surface area contributed by atoms with Crippen molar-refractivity contribution in [3.63, 3.8) is 0 Å². The molecule has 6 N–H and O–H groups in total. The van der Waals surface area contributed by atoms with Crippen LogP contribution < -0.4 is 21.3 Å². The van der Waals surface area contributed by atoms with E-state index in [0.717, 1.165) is 16.3 Å². The second kappa shape index (κ2) is 15.0. The molecule has 1 saturated heterocycles. The zero-order valence-electron chi connectivity index (χ0n) is 27.5. The molecule has 2 aromatic carbocycles. The number of ether oxygens (including phenoxy) is 1. The van der Waals surface area contributed by atoms with Crippen molar-refractivity contribution in [3.8, 4) is 0 Å². The number of nitrogens with one attached hydrogen (secondary N) is 4. The van der Waals surface area contributed by atoms with Crippen molar-refractivity contribution in [1.29, 1.82) is 0 Å². The Kier molecular flexibility index (Phi) is 10.9. The average molecular weight is 648 g/mol. The lowest BCUT2D eigenvalue weighted by Crippen LogP contribution is -2.44. The Bertz CT molecular complexity index is 1680. The van der Waals surface area contributed by atoms with E-state index in [4.69, 9.17) is 9.72 Å². The predicted molar refractivity (Wildman–Crippen MR) is 178 cm³/mol. The maximum atomic E-state index is 12.7. The van der Waals surface area contributed by atoms with Gasteiger partial charge in [0.2, 0.25) is 0 Å². The molecule has 1 aliphatic heterocycles. The Balaban J connectivity index is 1.39. The summed E-state index contributed by atoms with van der Waals surface area (Å²) in [5.74, 6) is 0.171. The molecule has 1 aliphatic rings. The third kappa shape index (κ3) is 7.62. The van der Waals surface area contributed by atoms with Crippen molar-refractivity contribution >= 4 is 39.7 Å². The predicted octanol–water partition coefficient (Wildman–Crippen LogP) is 2.26. The van der Waals surface area contributed by atoms with Gasteiger partial charge in [-0.05, 0) is 51.0 Å². The summed E-state index contributed by atoms with van der Waals surface area (Å²) in [5, 5.41) is 35.5. The van der Waals surface area contributed by atoms with Crippen molar-refractivity contribution in [2.45, 2.75) is 84.3 Å². The van der Waals surface area contributed by atoms with E-state index in [-0.39, 0.29) is 18.4 Å². The number of aliphatic hydroxyl groups is 2. The van der Waals surface area contributed by atoms with Crippen molar-refractivity contribution in [1.82, 2.24) is 40.4 Å². The van der Waals surface area contributed by atoms with Gasteiger partial charge in [-0.2, -0.15) is 0 Å². The van der Waals surface area contributed by atoms with Gasteiger partial charge in [0.1, 0.15) is 12.2 Å². The van der Waals surface area contributed by atoms with E-state index < -0.39 is 30.4 Å². The molecule has 0 radical (unpaired) electrons. The molecule has 5 rings (SSSR count). The number of hydrogen-bond acceptors (Lipinski definition) is 10. The van der Waals surface area contributed by atoms with Crippen LogP contribution >= 0.6 is 0 Å². The summed E-state index contributed by atoms with van der Waals surface area (Å²) in [7, 11) is 0. The normalized spacial score (nSPS) is 19.6. The molecule has 0 spiro atoms. The quantitative estimate of drug-likeness (QED) is 0.126. The molecular formula is C33H45N9O5. The fraction of sp³-hybridized carbons (Fsp3) is 0.485. The van der Waals surface area contributed by atoms with E-state index in [1.807, 2.05) is 24.3 Å². The maximum Gasteiger partial charge on any atom is 0.315 e. The van der Waals surface area contributed by atoms with Crippen LogP contribution in [0.25, 0.3) is 21.9 Å². The van der Waals surface area contributed by atoms with E-state index >= 15 is 0 Å². The largest absolute Gasteiger partial charge is 0.387 e. The number of carbonyl (C=O) groups is 2. The molecule has 2 aromatic heterocycles. The van der Waals surface area contributed by atoms with E-state index in [2.05, 4.69) is 82.0 Å². The van der Waals surface area contributed by atoms with E-state index in [1.54, 1.807) is 6.92 Å². The van der Waals surface area contributed by atoms with Gasteiger partial charge in [-0.25, -0.2) is 19.7 Å². The van der Waals surface area contributed by atoms with Crippen LogP contribution in [0.15, 0.2) is 48.8 Å². The first-order valence-corrected chi connectivity index (χ1v) is 16.1. The summed E-state index contributed by atoms with van der Waals surface area (Å²) in [4.78, 5) is 41.4. The SMILES string of the molecule is CCNC(=O)[C@H]1O[C@@H](n2cnc3c(NCc4cccc5ccccc45)nc(CNC(=O)NCCN(C(C)C)C(C)C)nc32)[C@H](O)[C@@H]1O. The van der Waals surface area contributed by atoms with Gasteiger partial charge in [0.05, 0.1) is 12.9 Å². The first-order valence-electron chi connectivity index (χ1n) is 16.1. The number of imidazole rings is 1. The summed E-state index contributed by atoms with van der Waals surface area (Å²) in [5.41, 5.74) is 1.75. The van der Waals surface area contributed by atoms with Crippen LogP contribution in [0.2, 0.25) is 0 Å². The van der Waals surface area contributed by atoms with Gasteiger partial charge in [-0.3, -0.25) is 14.3 Å². The highest BCUT2D eigenvalue weighted by atomic mass is 16.6. The molecule has 4 atom stereocenters. The molecule has 0 aliphatic carbocycles. The highest BCUT2D eigenvalue weighted by Crippen LogP contribution is 2.33. The Morgan fingerprint density at radius 1 is 0.957 bits per heavy atom. The fourth-order valence-corrected chi connectivity index (χ4v) is 5.99. The molecule has 0 unspecified atom stereocenters. The number of amides is 3. The molecule has 0 bridgehead atoms. The lowest BCUT2D eigenvalue weighted by molar-refractivity contribution is -0.137. The van der Waals surface area contributed by atoms with Crippen molar-refractivity contribution in [2.75, 3.05) is 25.0 Å². The fourth-order valence-electron chi connectivity index (χ4n) is 5.99. The van der Waals surface area contributed by atoms with Crippen LogP contribution in [0.3, 0.4) is 0 Å². The third-order valence-electron chi connectivity index (χ3n) is 8.31. The number of nitrogens with zero attached hydrogens (tertiary/aromatic N) is 5. The number of anilines is 1. The highest BCUT2D eigenvalue weighted by molar-refractivity contribution is 5.87. The van der Waals surface area contributed by atoms with Crippen LogP contribution in [0.5, 0.6) is 0 Å². The minimum atomic E-state index is -1.46. The number of rotatable bonds is 13. The Morgan fingerprint density at radius 3 is 2.45 bits per heavy atom. The first-order chi connectivity index (χ1) is 22.6. The molecule has 0 saturated carbocycles. The van der Waals surface area contributed by atoms with Crippen LogP contribution in [-0.2, 0) is 22.6 Å². The van der Waals surface area contributed by atoms with Gasteiger partial charge < -0.3 is 36.2 Å². The Labute approximate surface area is 273 Å². The lowest BCUT2D eigenvalue weighted by atomic mass is 10.0. The van der Waals surface area contributed by atoms with Crippen molar-refractivity contribution in [3.05, 3.63) is 60.2 Å². The summed E-state index contributed by atoms with van der Waals surface area (Å²) in [6.45, 7) is 12.2. The van der Waals surface area contributed by atoms with Crippen molar-refractivity contribution in [2.24, 2.45) is 0 Å². The summed E-state index contributed by atoms with van der Waals surface area (Å²) >= 11 is 0. The number of aromatic nitrogens is 4. The monoisotopic (exact) mass is 647 g/mol. The molecule has 3 amide bonds. The first kappa shape index (κ1) is 34.0. The van der Waals surface area contributed by atoms with E-state index in [9.17, 15) is 19.8 Å². The van der Waals surface area contributed by atoms with Gasteiger partial charge in [-0.1, -0.05) is 42.5 Å². The second-order valence-corrected chi connectivity index (χ2v) is 12.2. The van der Waals surface area contributed by atoms with Crippen LogP contribution in [0.1, 0.15) is 52.2 Å². The van der Waals surface area contributed by atoms with Gasteiger partial charge in [0, 0.05) is 38.3 Å². The Morgan fingerprint density at radius 2 is 1.70 bits per heavy atom. The third-order valence-corrected chi connectivity index (χ3v) is 8.31. The molecule has 3 heterocycles. The molecule has 14 nitrogen and oxygen atoms in total. The summed E-state index contributed by atoms with van der Waals surface area (Å²) in [6.07, 6.45) is -3.86. The minimum absolute atomic E-state index is 0.00616. The number of fused-ring (bicyclic) bond motifs is 2. The molecule has 1 fully saturated rings. The Hall–Kier alpha value is -4.37. The molecule has 14 heteroatoms. The van der Waals surface area contributed by atoms with Gasteiger partial charge in [0.15, 0.2) is 35.1 Å². The van der Waals surface area contributed by atoms with Crippen LogP contribution in [0, 0.1) is 0 Å².